The van der Waals surface area contributed by atoms with Crippen LogP contribution in [-0.2, 0) is 6.54 Å². The van der Waals surface area contributed by atoms with Gasteiger partial charge in [-0.1, -0.05) is 48.5 Å². The van der Waals surface area contributed by atoms with E-state index in [4.69, 9.17) is 5.11 Å². The first kappa shape index (κ1) is 19.2. The van der Waals surface area contributed by atoms with Crippen LogP contribution in [0.4, 0.5) is 4.39 Å². The number of fused-ring (bicyclic) bond motifs is 1. The number of carboxylic acids is 1. The number of aromatic carboxylic acids is 1. The van der Waals surface area contributed by atoms with Crippen LogP contribution >= 0.6 is 0 Å². The molecule has 0 aliphatic rings. The van der Waals surface area contributed by atoms with Gasteiger partial charge in [0.15, 0.2) is 0 Å². The van der Waals surface area contributed by atoms with Gasteiger partial charge in [-0.15, -0.1) is 0 Å². The molecule has 4 aromatic rings. The Morgan fingerprint density at radius 3 is 2.37 bits per heavy atom. The second kappa shape index (κ2) is 8.06. The van der Waals surface area contributed by atoms with Crippen molar-refractivity contribution >= 4 is 28.5 Å². The SMILES string of the molecule is N#CC(=Cc1cn(Cc2ccccc2F)c2ccccc12)c1ccc(C(=O)O)cc1. The average molecular weight is 396 g/mol. The molecule has 1 N–H and O–H groups in total. The van der Waals surface area contributed by atoms with E-state index < -0.39 is 5.97 Å². The minimum Gasteiger partial charge on any atom is -0.478 e. The summed E-state index contributed by atoms with van der Waals surface area (Å²) in [6.45, 7) is 0.371. The fourth-order valence-corrected chi connectivity index (χ4v) is 3.46. The molecule has 0 atom stereocenters. The molecule has 4 nitrogen and oxygen atoms in total. The number of carboxylic acid groups (broad SMARTS) is 1. The molecule has 1 aromatic heterocycles. The molecule has 146 valence electrons. The Bertz CT molecular complexity index is 1310. The second-order valence-electron chi connectivity index (χ2n) is 6.87. The largest absolute Gasteiger partial charge is 0.478 e. The summed E-state index contributed by atoms with van der Waals surface area (Å²) < 4.78 is 16.1. The number of nitriles is 1. The monoisotopic (exact) mass is 396 g/mol. The number of benzene rings is 3. The van der Waals surface area contributed by atoms with Crippen molar-refractivity contribution in [1.29, 1.82) is 5.26 Å². The van der Waals surface area contributed by atoms with Crippen LogP contribution in [0.2, 0.25) is 0 Å². The third-order valence-corrected chi connectivity index (χ3v) is 4.98. The van der Waals surface area contributed by atoms with Crippen molar-refractivity contribution in [2.45, 2.75) is 6.54 Å². The van der Waals surface area contributed by atoms with Crippen LogP contribution in [0, 0.1) is 17.1 Å². The third-order valence-electron chi connectivity index (χ3n) is 4.98. The first-order valence-corrected chi connectivity index (χ1v) is 9.33. The summed E-state index contributed by atoms with van der Waals surface area (Å²) >= 11 is 0. The number of hydrogen-bond acceptors (Lipinski definition) is 2. The Morgan fingerprint density at radius 1 is 1.00 bits per heavy atom. The topological polar surface area (TPSA) is 66.0 Å². The van der Waals surface area contributed by atoms with E-state index in [0.717, 1.165) is 16.5 Å². The van der Waals surface area contributed by atoms with Gasteiger partial charge in [0.05, 0.1) is 23.8 Å². The molecule has 1 heterocycles. The van der Waals surface area contributed by atoms with Gasteiger partial charge in [0.25, 0.3) is 0 Å². The van der Waals surface area contributed by atoms with Gasteiger partial charge in [0.2, 0.25) is 0 Å². The van der Waals surface area contributed by atoms with Gasteiger partial charge in [0.1, 0.15) is 5.82 Å². The molecule has 0 bridgehead atoms. The number of hydrogen-bond donors (Lipinski definition) is 1. The van der Waals surface area contributed by atoms with Crippen LogP contribution in [0.15, 0.2) is 79.0 Å². The van der Waals surface area contributed by atoms with E-state index in [9.17, 15) is 14.4 Å². The number of allylic oxidation sites excluding steroid dienone is 1. The predicted octanol–water partition coefficient (Wildman–Crippen LogP) is 5.59. The molecule has 0 fully saturated rings. The summed E-state index contributed by atoms with van der Waals surface area (Å²) in [5.74, 6) is -1.27. The lowest BCUT2D eigenvalue weighted by Crippen LogP contribution is -2.00. The molecule has 0 saturated heterocycles. The van der Waals surface area contributed by atoms with Gasteiger partial charge in [-0.2, -0.15) is 5.26 Å². The van der Waals surface area contributed by atoms with Crippen molar-refractivity contribution < 1.29 is 14.3 Å². The summed E-state index contributed by atoms with van der Waals surface area (Å²) in [6, 6.07) is 22.8. The van der Waals surface area contributed by atoms with Gasteiger partial charge in [-0.25, -0.2) is 9.18 Å². The van der Waals surface area contributed by atoms with Crippen LogP contribution in [0.3, 0.4) is 0 Å². The number of para-hydroxylation sites is 1. The molecule has 4 rings (SSSR count). The maximum Gasteiger partial charge on any atom is 0.335 e. The molecular formula is C25H17FN2O2. The van der Waals surface area contributed by atoms with Crippen molar-refractivity contribution in [2.24, 2.45) is 0 Å². The van der Waals surface area contributed by atoms with Gasteiger partial charge in [-0.05, 0) is 35.9 Å². The smallest absolute Gasteiger partial charge is 0.335 e. The van der Waals surface area contributed by atoms with E-state index in [1.807, 2.05) is 35.0 Å². The zero-order valence-electron chi connectivity index (χ0n) is 15.9. The minimum atomic E-state index is -1.01. The molecule has 0 amide bonds. The molecular weight excluding hydrogens is 379 g/mol. The molecule has 30 heavy (non-hydrogen) atoms. The van der Waals surface area contributed by atoms with Crippen molar-refractivity contribution in [1.82, 2.24) is 4.57 Å². The zero-order valence-corrected chi connectivity index (χ0v) is 15.9. The molecule has 0 aliphatic carbocycles. The van der Waals surface area contributed by atoms with E-state index in [-0.39, 0.29) is 11.4 Å². The normalized spacial score (nSPS) is 11.4. The Labute approximate surface area is 172 Å². The molecule has 0 aliphatic heterocycles. The highest BCUT2D eigenvalue weighted by Crippen LogP contribution is 2.27. The first-order chi connectivity index (χ1) is 14.6. The number of nitrogens with zero attached hydrogens (tertiary/aromatic N) is 2. The van der Waals surface area contributed by atoms with E-state index >= 15 is 0 Å². The lowest BCUT2D eigenvalue weighted by molar-refractivity contribution is 0.0697. The van der Waals surface area contributed by atoms with E-state index in [1.54, 1.807) is 36.4 Å². The highest BCUT2D eigenvalue weighted by molar-refractivity contribution is 5.98. The molecule has 0 radical (unpaired) electrons. The summed E-state index contributed by atoms with van der Waals surface area (Å²) in [6.07, 6.45) is 3.68. The first-order valence-electron chi connectivity index (χ1n) is 9.33. The van der Waals surface area contributed by atoms with Gasteiger partial charge < -0.3 is 9.67 Å². The fraction of sp³-hybridized carbons (Fsp3) is 0.0400. The highest BCUT2D eigenvalue weighted by Gasteiger charge is 2.11. The Hall–Kier alpha value is -4.17. The van der Waals surface area contributed by atoms with E-state index in [0.29, 0.717) is 23.2 Å². The Morgan fingerprint density at radius 2 is 1.67 bits per heavy atom. The zero-order chi connectivity index (χ0) is 21.1. The summed E-state index contributed by atoms with van der Waals surface area (Å²) in [5, 5.41) is 19.7. The fourth-order valence-electron chi connectivity index (χ4n) is 3.46. The number of rotatable bonds is 5. The van der Waals surface area contributed by atoms with Crippen LogP contribution in [0.5, 0.6) is 0 Å². The number of halogens is 1. The predicted molar refractivity (Wildman–Crippen MR) is 114 cm³/mol. The Balaban J connectivity index is 1.77. The lowest BCUT2D eigenvalue weighted by Gasteiger charge is -2.06. The van der Waals surface area contributed by atoms with Gasteiger partial charge in [-0.3, -0.25) is 0 Å². The Kier molecular flexibility index (Phi) is 5.15. The maximum absolute atomic E-state index is 14.1. The van der Waals surface area contributed by atoms with Crippen LogP contribution in [0.1, 0.15) is 27.0 Å². The molecule has 0 unspecified atom stereocenters. The van der Waals surface area contributed by atoms with Crippen molar-refractivity contribution in [3.8, 4) is 6.07 Å². The summed E-state index contributed by atoms with van der Waals surface area (Å²) in [7, 11) is 0. The molecule has 0 saturated carbocycles. The van der Waals surface area contributed by atoms with Crippen LogP contribution in [-0.4, -0.2) is 15.6 Å². The standard InChI is InChI=1S/C25H17FN2O2/c26-23-7-3-1-5-19(23)15-28-16-21(22-6-2-4-8-24(22)28)13-20(14-27)17-9-11-18(12-10-17)25(29)30/h1-13,16H,15H2,(H,29,30). The molecule has 3 aromatic carbocycles. The lowest BCUT2D eigenvalue weighted by atomic mass is 10.0. The second-order valence-corrected chi connectivity index (χ2v) is 6.87. The van der Waals surface area contributed by atoms with E-state index in [2.05, 4.69) is 6.07 Å². The molecule has 0 spiro atoms. The maximum atomic E-state index is 14.1. The average Bonchev–Trinajstić information content (AvgIpc) is 3.11. The summed E-state index contributed by atoms with van der Waals surface area (Å²) in [4.78, 5) is 11.1. The van der Waals surface area contributed by atoms with Crippen molar-refractivity contribution in [3.05, 3.63) is 107 Å². The minimum absolute atomic E-state index is 0.164. The van der Waals surface area contributed by atoms with Gasteiger partial charge in [0, 0.05) is 28.2 Å². The number of carbonyl (C=O) groups is 1. The highest BCUT2D eigenvalue weighted by atomic mass is 19.1. The van der Waals surface area contributed by atoms with Gasteiger partial charge >= 0.3 is 5.97 Å². The van der Waals surface area contributed by atoms with Crippen LogP contribution < -0.4 is 0 Å². The number of aromatic nitrogens is 1. The van der Waals surface area contributed by atoms with Crippen molar-refractivity contribution in [3.63, 3.8) is 0 Å². The van der Waals surface area contributed by atoms with Crippen LogP contribution in [0.25, 0.3) is 22.6 Å². The van der Waals surface area contributed by atoms with Crippen molar-refractivity contribution in [2.75, 3.05) is 0 Å². The van der Waals surface area contributed by atoms with E-state index in [1.165, 1.54) is 18.2 Å². The molecule has 5 heteroatoms. The summed E-state index contributed by atoms with van der Waals surface area (Å²) in [5.41, 5.74) is 3.57. The third kappa shape index (κ3) is 3.71. The quantitative estimate of drug-likeness (QED) is 0.447.